The second-order valence-electron chi connectivity index (χ2n) is 10.2. The minimum atomic E-state index is -0.290. The molecule has 3 aromatic heterocycles. The zero-order valence-electron chi connectivity index (χ0n) is 23.3. The Morgan fingerprint density at radius 1 is 0.976 bits per heavy atom. The van der Waals surface area contributed by atoms with Crippen molar-refractivity contribution >= 4 is 44.9 Å². The zero-order chi connectivity index (χ0) is 28.9. The first-order valence-electron chi connectivity index (χ1n) is 13.9. The lowest BCUT2D eigenvalue weighted by Gasteiger charge is -2.34. The number of nitrogens with one attached hydrogen (secondary N) is 1. The number of fused-ring (bicyclic) bond motifs is 1. The van der Waals surface area contributed by atoms with E-state index in [0.717, 1.165) is 77.9 Å². The molecule has 0 spiro atoms. The van der Waals surface area contributed by atoms with Crippen molar-refractivity contribution in [1.29, 1.82) is 0 Å². The number of anilines is 1. The number of aromatic nitrogens is 3. The second-order valence-corrected chi connectivity index (χ2v) is 11.6. The fourth-order valence-electron chi connectivity index (χ4n) is 5.02. The van der Waals surface area contributed by atoms with Crippen molar-refractivity contribution in [3.05, 3.63) is 95.3 Å². The number of carbonyl (C=O) groups is 1. The van der Waals surface area contributed by atoms with E-state index in [0.29, 0.717) is 22.1 Å². The van der Waals surface area contributed by atoms with Crippen LogP contribution in [0.1, 0.15) is 16.1 Å². The molecule has 1 fully saturated rings. The van der Waals surface area contributed by atoms with Gasteiger partial charge >= 0.3 is 0 Å². The second kappa shape index (κ2) is 13.1. The van der Waals surface area contributed by atoms with Gasteiger partial charge in [-0.2, -0.15) is 0 Å². The van der Waals surface area contributed by atoms with Gasteiger partial charge in [0.2, 0.25) is 0 Å². The summed E-state index contributed by atoms with van der Waals surface area (Å²) < 4.78 is 5.21. The highest BCUT2D eigenvalue weighted by atomic mass is 35.5. The molecule has 214 valence electrons. The molecule has 2 aromatic carbocycles. The number of rotatable bonds is 9. The van der Waals surface area contributed by atoms with Crippen molar-refractivity contribution < 1.29 is 9.53 Å². The summed E-state index contributed by atoms with van der Waals surface area (Å²) in [6, 6.07) is 22.6. The molecule has 10 heteroatoms. The average Bonchev–Trinajstić information content (AvgIpc) is 3.45. The van der Waals surface area contributed by atoms with Crippen molar-refractivity contribution in [3.8, 4) is 21.8 Å². The number of nitrogens with zero attached hydrogens (tertiary/aromatic N) is 5. The number of hydrogen-bond donors (Lipinski definition) is 1. The molecule has 1 aliphatic heterocycles. The molecule has 8 nitrogen and oxygen atoms in total. The maximum atomic E-state index is 13.3. The van der Waals surface area contributed by atoms with Crippen molar-refractivity contribution in [2.45, 2.75) is 6.54 Å². The van der Waals surface area contributed by atoms with Gasteiger partial charge in [0.15, 0.2) is 0 Å². The number of halogens is 1. The maximum Gasteiger partial charge on any atom is 0.274 e. The van der Waals surface area contributed by atoms with Crippen LogP contribution < -0.4 is 5.32 Å². The molecule has 0 saturated carbocycles. The molecule has 1 saturated heterocycles. The van der Waals surface area contributed by atoms with Crippen LogP contribution in [0.2, 0.25) is 5.02 Å². The van der Waals surface area contributed by atoms with Gasteiger partial charge in [0.05, 0.1) is 18.0 Å². The quantitative estimate of drug-likeness (QED) is 0.220. The van der Waals surface area contributed by atoms with Gasteiger partial charge in [0, 0.05) is 68.7 Å². The Balaban J connectivity index is 1.17. The van der Waals surface area contributed by atoms with Crippen LogP contribution in [0.5, 0.6) is 0 Å². The van der Waals surface area contributed by atoms with Gasteiger partial charge in [-0.25, -0.2) is 15.0 Å². The normalized spacial score (nSPS) is 14.3. The van der Waals surface area contributed by atoms with Gasteiger partial charge in [-0.3, -0.25) is 14.6 Å². The lowest BCUT2D eigenvalue weighted by atomic mass is 10.1. The third-order valence-electron chi connectivity index (χ3n) is 7.31. The van der Waals surface area contributed by atoms with Gasteiger partial charge in [-0.1, -0.05) is 53.3 Å². The zero-order valence-corrected chi connectivity index (χ0v) is 24.9. The largest absolute Gasteiger partial charge is 0.383 e. The molecule has 1 aliphatic rings. The molecular formula is C32H31ClN6O2S. The van der Waals surface area contributed by atoms with E-state index in [9.17, 15) is 4.79 Å². The van der Waals surface area contributed by atoms with E-state index in [-0.39, 0.29) is 5.91 Å². The van der Waals surface area contributed by atoms with Crippen molar-refractivity contribution in [2.24, 2.45) is 0 Å². The summed E-state index contributed by atoms with van der Waals surface area (Å²) in [4.78, 5) is 33.3. The Morgan fingerprint density at radius 2 is 1.76 bits per heavy atom. The number of benzene rings is 2. The molecular weight excluding hydrogens is 568 g/mol. The Bertz CT molecular complexity index is 1680. The third kappa shape index (κ3) is 6.67. The molecule has 1 amide bonds. The molecule has 4 heterocycles. The highest BCUT2D eigenvalue weighted by Gasteiger charge is 2.19. The molecule has 0 bridgehead atoms. The van der Waals surface area contributed by atoms with E-state index in [1.54, 1.807) is 13.2 Å². The monoisotopic (exact) mass is 598 g/mol. The van der Waals surface area contributed by atoms with Crippen molar-refractivity contribution in [1.82, 2.24) is 24.8 Å². The van der Waals surface area contributed by atoms with E-state index >= 15 is 0 Å². The number of pyridine rings is 2. The van der Waals surface area contributed by atoms with Gasteiger partial charge in [-0.05, 0) is 48.0 Å². The van der Waals surface area contributed by atoms with Crippen LogP contribution in [0, 0.1) is 0 Å². The van der Waals surface area contributed by atoms with Gasteiger partial charge < -0.3 is 10.1 Å². The highest BCUT2D eigenvalue weighted by Crippen LogP contribution is 2.34. The summed E-state index contributed by atoms with van der Waals surface area (Å²) in [7, 11) is 1.75. The molecule has 0 aliphatic carbocycles. The fourth-order valence-corrected chi connectivity index (χ4v) is 6.08. The Morgan fingerprint density at radius 3 is 2.57 bits per heavy atom. The number of amides is 1. The lowest BCUT2D eigenvalue weighted by molar-refractivity contribution is 0.0938. The van der Waals surface area contributed by atoms with Gasteiger partial charge in [0.25, 0.3) is 5.91 Å². The topological polar surface area (TPSA) is 83.5 Å². The predicted octanol–water partition coefficient (Wildman–Crippen LogP) is 6.09. The Kier molecular flexibility index (Phi) is 8.83. The van der Waals surface area contributed by atoms with E-state index in [4.69, 9.17) is 26.3 Å². The van der Waals surface area contributed by atoms with Crippen molar-refractivity contribution in [2.75, 3.05) is 51.8 Å². The fraction of sp³-hybridized carbons (Fsp3) is 0.250. The number of para-hydroxylation sites is 1. The van der Waals surface area contributed by atoms with Crippen LogP contribution in [0.25, 0.3) is 32.2 Å². The van der Waals surface area contributed by atoms with Crippen molar-refractivity contribution in [3.63, 3.8) is 0 Å². The Labute approximate surface area is 254 Å². The maximum absolute atomic E-state index is 13.3. The van der Waals surface area contributed by atoms with E-state index < -0.39 is 0 Å². The van der Waals surface area contributed by atoms with Gasteiger partial charge in [0.1, 0.15) is 21.0 Å². The molecule has 0 unspecified atom stereocenters. The number of carbonyl (C=O) groups excluding carboxylic acids is 1. The summed E-state index contributed by atoms with van der Waals surface area (Å²) in [5, 5.41) is 4.50. The minimum absolute atomic E-state index is 0.290. The number of hydrogen-bond acceptors (Lipinski definition) is 8. The molecule has 5 aromatic rings. The average molecular weight is 599 g/mol. The Hall–Kier alpha value is -3.73. The number of ether oxygens (including phenoxy) is 1. The number of thiazole rings is 1. The highest BCUT2D eigenvalue weighted by molar-refractivity contribution is 7.21. The van der Waals surface area contributed by atoms with Crippen LogP contribution in [0.15, 0.2) is 79.0 Å². The molecule has 0 radical (unpaired) electrons. The lowest BCUT2D eigenvalue weighted by Crippen LogP contribution is -2.46. The number of methoxy groups -OCH3 is 1. The minimum Gasteiger partial charge on any atom is -0.383 e. The number of piperazine rings is 1. The van der Waals surface area contributed by atoms with Crippen LogP contribution in [0.3, 0.4) is 0 Å². The summed E-state index contributed by atoms with van der Waals surface area (Å²) >= 11 is 7.55. The molecule has 42 heavy (non-hydrogen) atoms. The first kappa shape index (κ1) is 28.4. The first-order valence-corrected chi connectivity index (χ1v) is 15.1. The SMILES string of the molecule is COCCN1CCN(Cc2cnc3sc(-c4ccccc4NC(=O)c4cccc(-c5ccc(Cl)cc5)n4)nc3c2)CC1. The summed E-state index contributed by atoms with van der Waals surface area (Å²) in [6.45, 7) is 6.74. The summed E-state index contributed by atoms with van der Waals surface area (Å²) in [6.07, 6.45) is 1.95. The molecule has 6 rings (SSSR count). The van der Waals surface area contributed by atoms with Crippen LogP contribution in [0.4, 0.5) is 5.69 Å². The third-order valence-corrected chi connectivity index (χ3v) is 8.58. The van der Waals surface area contributed by atoms with E-state index in [1.165, 1.54) is 11.3 Å². The van der Waals surface area contributed by atoms with E-state index in [1.807, 2.05) is 66.9 Å². The van der Waals surface area contributed by atoms with Crippen LogP contribution >= 0.6 is 22.9 Å². The standard InChI is InChI=1S/C32H31ClN6O2S/c1-41-18-17-38-13-15-39(16-14-38)21-22-19-29-32(34-20-22)42-31(37-29)25-5-2-3-6-27(25)36-30(40)28-8-4-7-26(35-28)23-9-11-24(33)12-10-23/h2-12,19-20H,13-18,21H2,1H3,(H,36,40). The molecule has 0 atom stereocenters. The summed E-state index contributed by atoms with van der Waals surface area (Å²) in [5.74, 6) is -0.290. The predicted molar refractivity (Wildman–Crippen MR) is 169 cm³/mol. The summed E-state index contributed by atoms with van der Waals surface area (Å²) in [5.41, 5.74) is 5.45. The first-order chi connectivity index (χ1) is 20.6. The van der Waals surface area contributed by atoms with E-state index in [2.05, 4.69) is 26.2 Å². The molecule has 1 N–H and O–H groups in total. The van der Waals surface area contributed by atoms with Crippen LogP contribution in [-0.4, -0.2) is 77.1 Å². The van der Waals surface area contributed by atoms with Crippen LogP contribution in [-0.2, 0) is 11.3 Å². The van der Waals surface area contributed by atoms with Gasteiger partial charge in [-0.15, -0.1) is 0 Å². The smallest absolute Gasteiger partial charge is 0.274 e.